The van der Waals surface area contributed by atoms with Crippen LogP contribution in [0.5, 0.6) is 0 Å². The van der Waals surface area contributed by atoms with E-state index in [2.05, 4.69) is 15.0 Å². The molecule has 1 N–H and O–H groups in total. The molecule has 0 saturated carbocycles. The number of nitrogens with one attached hydrogen (secondary N) is 1. The molecule has 1 aromatic carbocycles. The lowest BCUT2D eigenvalue weighted by molar-refractivity contribution is -0.140. The molecule has 1 amide bonds. The highest BCUT2D eigenvalue weighted by atomic mass is 32.2. The molecular formula is C19H19N3O4S2. The molecule has 0 bridgehead atoms. The molecule has 2 aromatic heterocycles. The molecule has 0 fully saturated rings. The summed E-state index contributed by atoms with van der Waals surface area (Å²) in [5.41, 5.74) is 1.72. The van der Waals surface area contributed by atoms with Gasteiger partial charge in [0.15, 0.2) is 5.16 Å². The highest BCUT2D eigenvalue weighted by Crippen LogP contribution is 2.32. The molecule has 3 rings (SSSR count). The highest BCUT2D eigenvalue weighted by molar-refractivity contribution is 7.99. The van der Waals surface area contributed by atoms with E-state index in [0.717, 1.165) is 11.1 Å². The van der Waals surface area contributed by atoms with Crippen LogP contribution in [0, 0.1) is 0 Å². The Labute approximate surface area is 169 Å². The molecule has 3 aromatic rings. The number of aromatic nitrogens is 2. The number of benzene rings is 1. The van der Waals surface area contributed by atoms with Gasteiger partial charge in [-0.25, -0.2) is 4.98 Å². The Morgan fingerprint density at radius 2 is 2.04 bits per heavy atom. The second-order valence-corrected chi connectivity index (χ2v) is 7.58. The standard InChI is InChI=1S/C19H19N3O4S2/c1-3-22-18(25)16-13(12-7-5-4-6-8-12)10-27-17(16)21-19(22)28-11-14(23)20-9-15(24)26-2/h4-8,10H,3,9,11H2,1-2H3,(H,20,23). The zero-order valence-electron chi connectivity index (χ0n) is 15.4. The van der Waals surface area contributed by atoms with Gasteiger partial charge in [-0.1, -0.05) is 42.1 Å². The normalized spacial score (nSPS) is 10.8. The van der Waals surface area contributed by atoms with E-state index < -0.39 is 5.97 Å². The van der Waals surface area contributed by atoms with Crippen LogP contribution in [-0.2, 0) is 20.9 Å². The van der Waals surface area contributed by atoms with Gasteiger partial charge in [0.25, 0.3) is 5.56 Å². The largest absolute Gasteiger partial charge is 0.468 e. The van der Waals surface area contributed by atoms with Crippen molar-refractivity contribution >= 4 is 45.2 Å². The maximum atomic E-state index is 13.1. The van der Waals surface area contributed by atoms with Gasteiger partial charge in [0.05, 0.1) is 18.2 Å². The molecule has 2 heterocycles. The summed E-state index contributed by atoms with van der Waals surface area (Å²) in [5, 5.41) is 5.48. The third-order valence-electron chi connectivity index (χ3n) is 4.05. The molecule has 7 nitrogen and oxygen atoms in total. The zero-order valence-corrected chi connectivity index (χ0v) is 17.1. The smallest absolute Gasteiger partial charge is 0.325 e. The van der Waals surface area contributed by atoms with Crippen LogP contribution in [-0.4, -0.2) is 40.8 Å². The van der Waals surface area contributed by atoms with E-state index in [1.165, 1.54) is 30.2 Å². The summed E-state index contributed by atoms with van der Waals surface area (Å²) in [5.74, 6) is -0.801. The number of thiophene rings is 1. The summed E-state index contributed by atoms with van der Waals surface area (Å²) >= 11 is 2.58. The first-order valence-electron chi connectivity index (χ1n) is 8.59. The fraction of sp³-hybridized carbons (Fsp3) is 0.263. The van der Waals surface area contributed by atoms with Crippen LogP contribution in [0.15, 0.2) is 45.7 Å². The lowest BCUT2D eigenvalue weighted by Crippen LogP contribution is -2.31. The summed E-state index contributed by atoms with van der Waals surface area (Å²) in [6, 6.07) is 9.72. The number of esters is 1. The van der Waals surface area contributed by atoms with Crippen molar-refractivity contribution in [2.75, 3.05) is 19.4 Å². The third-order valence-corrected chi connectivity index (χ3v) is 5.90. The number of methoxy groups -OCH3 is 1. The molecule has 9 heteroatoms. The number of hydrogen-bond acceptors (Lipinski definition) is 7. The van der Waals surface area contributed by atoms with Crippen LogP contribution >= 0.6 is 23.1 Å². The highest BCUT2D eigenvalue weighted by Gasteiger charge is 2.17. The average Bonchev–Trinajstić information content (AvgIpc) is 3.15. The molecule has 0 atom stereocenters. The number of ether oxygens (including phenoxy) is 1. The minimum absolute atomic E-state index is 0.0475. The number of carbonyl (C=O) groups excluding carboxylic acids is 2. The van der Waals surface area contributed by atoms with E-state index in [9.17, 15) is 14.4 Å². The Morgan fingerprint density at radius 1 is 1.29 bits per heavy atom. The Morgan fingerprint density at radius 3 is 2.71 bits per heavy atom. The van der Waals surface area contributed by atoms with E-state index in [1.54, 1.807) is 4.57 Å². The fourth-order valence-electron chi connectivity index (χ4n) is 2.65. The summed E-state index contributed by atoms with van der Waals surface area (Å²) in [6.45, 7) is 2.12. The molecular weight excluding hydrogens is 398 g/mol. The van der Waals surface area contributed by atoms with E-state index >= 15 is 0 Å². The number of fused-ring (bicyclic) bond motifs is 1. The number of carbonyl (C=O) groups is 2. The van der Waals surface area contributed by atoms with Crippen LogP contribution in [0.1, 0.15) is 6.92 Å². The third kappa shape index (κ3) is 4.26. The van der Waals surface area contributed by atoms with Gasteiger partial charge < -0.3 is 10.1 Å². The zero-order chi connectivity index (χ0) is 20.1. The first-order valence-corrected chi connectivity index (χ1v) is 10.5. The van der Waals surface area contributed by atoms with Crippen LogP contribution in [0.2, 0.25) is 0 Å². The summed E-state index contributed by atoms with van der Waals surface area (Å²) in [4.78, 5) is 41.4. The average molecular weight is 418 g/mol. The van der Waals surface area contributed by atoms with Crippen molar-refractivity contribution in [3.05, 3.63) is 46.1 Å². The van der Waals surface area contributed by atoms with E-state index in [1.807, 2.05) is 42.6 Å². The SMILES string of the molecule is CCn1c(SCC(=O)NCC(=O)OC)nc2scc(-c3ccccc3)c2c1=O. The van der Waals surface area contributed by atoms with Crippen molar-refractivity contribution in [3.63, 3.8) is 0 Å². The van der Waals surface area contributed by atoms with Crippen molar-refractivity contribution in [2.45, 2.75) is 18.6 Å². The molecule has 0 aliphatic carbocycles. The van der Waals surface area contributed by atoms with Gasteiger partial charge in [-0.05, 0) is 12.5 Å². The molecule has 0 unspecified atom stereocenters. The van der Waals surface area contributed by atoms with Gasteiger partial charge in [0.1, 0.15) is 11.4 Å². The van der Waals surface area contributed by atoms with Crippen molar-refractivity contribution in [1.82, 2.24) is 14.9 Å². The first-order chi connectivity index (χ1) is 13.5. The first kappa shape index (κ1) is 20.1. The number of nitrogens with zero attached hydrogens (tertiary/aromatic N) is 2. The summed E-state index contributed by atoms with van der Waals surface area (Å²) in [6.07, 6.45) is 0. The van der Waals surface area contributed by atoms with Crippen LogP contribution in [0.25, 0.3) is 21.3 Å². The van der Waals surface area contributed by atoms with Crippen molar-refractivity contribution < 1.29 is 14.3 Å². The topological polar surface area (TPSA) is 90.3 Å². The Kier molecular flexibility index (Phi) is 6.48. The van der Waals surface area contributed by atoms with Crippen LogP contribution < -0.4 is 10.9 Å². The van der Waals surface area contributed by atoms with Gasteiger partial charge in [-0.15, -0.1) is 11.3 Å². The minimum atomic E-state index is -0.518. The quantitative estimate of drug-likeness (QED) is 0.361. The molecule has 0 spiro atoms. The van der Waals surface area contributed by atoms with Crippen molar-refractivity contribution in [1.29, 1.82) is 0 Å². The van der Waals surface area contributed by atoms with Gasteiger partial charge in [-0.2, -0.15) is 0 Å². The lowest BCUT2D eigenvalue weighted by Gasteiger charge is -2.10. The fourth-order valence-corrected chi connectivity index (χ4v) is 4.53. The van der Waals surface area contributed by atoms with E-state index in [4.69, 9.17) is 0 Å². The van der Waals surface area contributed by atoms with Gasteiger partial charge in [0.2, 0.25) is 5.91 Å². The molecule has 0 radical (unpaired) electrons. The van der Waals surface area contributed by atoms with Gasteiger partial charge >= 0.3 is 5.97 Å². The second-order valence-electron chi connectivity index (χ2n) is 5.78. The second kappa shape index (κ2) is 9.03. The maximum Gasteiger partial charge on any atom is 0.325 e. The molecule has 28 heavy (non-hydrogen) atoms. The minimum Gasteiger partial charge on any atom is -0.468 e. The molecule has 0 aliphatic heterocycles. The van der Waals surface area contributed by atoms with Gasteiger partial charge in [-0.3, -0.25) is 19.0 Å². The maximum absolute atomic E-state index is 13.1. The number of hydrogen-bond donors (Lipinski definition) is 1. The van der Waals surface area contributed by atoms with Crippen molar-refractivity contribution in [2.24, 2.45) is 0 Å². The van der Waals surface area contributed by atoms with Crippen LogP contribution in [0.3, 0.4) is 0 Å². The van der Waals surface area contributed by atoms with Gasteiger partial charge in [0, 0.05) is 17.5 Å². The monoisotopic (exact) mass is 417 g/mol. The molecule has 0 saturated heterocycles. The van der Waals surface area contributed by atoms with E-state index in [0.29, 0.717) is 21.9 Å². The predicted molar refractivity (Wildman–Crippen MR) is 111 cm³/mol. The predicted octanol–water partition coefficient (Wildman–Crippen LogP) is 2.53. The summed E-state index contributed by atoms with van der Waals surface area (Å²) in [7, 11) is 1.26. The molecule has 146 valence electrons. The lowest BCUT2D eigenvalue weighted by atomic mass is 10.1. The Balaban J connectivity index is 1.87. The van der Waals surface area contributed by atoms with E-state index in [-0.39, 0.29) is 23.8 Å². The number of rotatable bonds is 7. The Bertz CT molecular complexity index is 1060. The van der Waals surface area contributed by atoms with Crippen molar-refractivity contribution in [3.8, 4) is 11.1 Å². The number of amides is 1. The molecule has 0 aliphatic rings. The Hall–Kier alpha value is -2.65. The summed E-state index contributed by atoms with van der Waals surface area (Å²) < 4.78 is 6.05. The number of thioether (sulfide) groups is 1. The van der Waals surface area contributed by atoms with Crippen LogP contribution in [0.4, 0.5) is 0 Å².